The molecule has 0 fully saturated rings. The molecule has 11 aromatic carbocycles. The van der Waals surface area contributed by atoms with Gasteiger partial charge in [0.05, 0.1) is 22.4 Å². The Morgan fingerprint density at radius 3 is 1.50 bits per heavy atom. The first-order valence-corrected chi connectivity index (χ1v) is 23.9. The van der Waals surface area contributed by atoms with Crippen molar-refractivity contribution >= 4 is 85.6 Å². The molecule has 0 saturated heterocycles. The van der Waals surface area contributed by atoms with Gasteiger partial charge in [-0.3, -0.25) is 0 Å². The van der Waals surface area contributed by atoms with Crippen LogP contribution in [0.25, 0.3) is 136 Å². The number of para-hydroxylation sites is 1. The molecule has 14 rings (SSSR count). The molecule has 0 bridgehead atoms. The normalized spacial score (nSPS) is 11.8. The van der Waals surface area contributed by atoms with Crippen LogP contribution in [0.5, 0.6) is 0 Å². The zero-order valence-corrected chi connectivity index (χ0v) is 37.6. The van der Waals surface area contributed by atoms with E-state index < -0.39 is 0 Å². The van der Waals surface area contributed by atoms with Gasteiger partial charge in [-0.1, -0.05) is 176 Å². The average Bonchev–Trinajstić information content (AvgIpc) is 3.96. The van der Waals surface area contributed by atoms with E-state index >= 15 is 0 Å². The number of benzene rings is 11. The minimum atomic E-state index is 0.689. The van der Waals surface area contributed by atoms with Crippen LogP contribution in [0.3, 0.4) is 0 Å². The second-order valence-corrected chi connectivity index (χ2v) is 18.8. The maximum atomic E-state index is 5.44. The molecule has 0 aliphatic heterocycles. The Morgan fingerprint density at radius 1 is 0.265 bits per heavy atom. The Balaban J connectivity index is 1.05. The lowest BCUT2D eigenvalue weighted by atomic mass is 9.91. The fourth-order valence-electron chi connectivity index (χ4n) is 10.5. The topological polar surface area (TPSA) is 30.7 Å². The predicted octanol–water partition coefficient (Wildman–Crippen LogP) is 17.7. The number of thiophene rings is 1. The maximum absolute atomic E-state index is 5.44. The van der Waals surface area contributed by atoms with E-state index in [4.69, 9.17) is 9.97 Å². The fourth-order valence-corrected chi connectivity index (χ4v) is 11.6. The Bertz CT molecular complexity index is 4280. The molecule has 14 aromatic rings. The van der Waals surface area contributed by atoms with Crippen molar-refractivity contribution in [3.63, 3.8) is 0 Å². The molecule has 0 aliphatic rings. The smallest absolute Gasteiger partial charge is 0.160 e. The third-order valence-corrected chi connectivity index (χ3v) is 14.9. The molecule has 0 aliphatic carbocycles. The van der Waals surface area contributed by atoms with Gasteiger partial charge in [-0.25, -0.2) is 9.97 Å². The van der Waals surface area contributed by atoms with E-state index in [1.54, 1.807) is 0 Å². The van der Waals surface area contributed by atoms with Gasteiger partial charge in [-0.2, -0.15) is 0 Å². The van der Waals surface area contributed by atoms with E-state index in [0.29, 0.717) is 5.82 Å². The van der Waals surface area contributed by atoms with Crippen LogP contribution < -0.4 is 0 Å². The van der Waals surface area contributed by atoms with Crippen molar-refractivity contribution in [2.45, 2.75) is 0 Å². The summed E-state index contributed by atoms with van der Waals surface area (Å²) in [6.45, 7) is 0. The summed E-state index contributed by atoms with van der Waals surface area (Å²) in [5.41, 5.74) is 12.7. The van der Waals surface area contributed by atoms with Crippen LogP contribution in [0, 0.1) is 0 Å². The molecule has 68 heavy (non-hydrogen) atoms. The van der Waals surface area contributed by atoms with E-state index in [1.807, 2.05) is 17.4 Å². The van der Waals surface area contributed by atoms with E-state index in [9.17, 15) is 0 Å². The van der Waals surface area contributed by atoms with Crippen LogP contribution in [0.1, 0.15) is 0 Å². The summed E-state index contributed by atoms with van der Waals surface area (Å²) in [5, 5.41) is 12.5. The van der Waals surface area contributed by atoms with Crippen LogP contribution >= 0.6 is 11.3 Å². The quantitative estimate of drug-likeness (QED) is 0.156. The van der Waals surface area contributed by atoms with E-state index in [0.717, 1.165) is 55.9 Å². The third kappa shape index (κ3) is 6.26. The lowest BCUT2D eigenvalue weighted by Gasteiger charge is -2.16. The summed E-state index contributed by atoms with van der Waals surface area (Å²) in [5.74, 6) is 0.689. The summed E-state index contributed by atoms with van der Waals surface area (Å²) in [4.78, 5) is 10.8. The number of hydrogen-bond donors (Lipinski definition) is 0. The van der Waals surface area contributed by atoms with Gasteiger partial charge >= 0.3 is 0 Å². The van der Waals surface area contributed by atoms with E-state index in [-0.39, 0.29) is 0 Å². The van der Waals surface area contributed by atoms with Crippen molar-refractivity contribution in [2.75, 3.05) is 0 Å². The largest absolute Gasteiger partial charge is 0.309 e. The van der Waals surface area contributed by atoms with Crippen molar-refractivity contribution in [1.82, 2.24) is 14.5 Å². The SMILES string of the molecule is c1ccc(-c2ccc3c4ccccc4n(-c4cc(-c5ccc6c7ccccc7c7ccccc7c6c5)cc(-c5cc(-c6ccc7sc8ccccc8c7c6)nc(-c6ccccc6)n5)c4)c3c2)cc1. The number of hydrogen-bond acceptors (Lipinski definition) is 3. The number of nitrogens with zero attached hydrogens (tertiary/aromatic N) is 3. The minimum Gasteiger partial charge on any atom is -0.309 e. The Labute approximate surface area is 396 Å². The molecule has 0 spiro atoms. The molecule has 0 radical (unpaired) electrons. The van der Waals surface area contributed by atoms with Crippen LogP contribution in [0.4, 0.5) is 0 Å². The van der Waals surface area contributed by atoms with Gasteiger partial charge in [-0.15, -0.1) is 11.3 Å². The van der Waals surface area contributed by atoms with Crippen molar-refractivity contribution in [3.8, 4) is 61.8 Å². The van der Waals surface area contributed by atoms with Crippen molar-refractivity contribution < 1.29 is 0 Å². The molecule has 0 amide bonds. The van der Waals surface area contributed by atoms with Gasteiger partial charge in [-0.05, 0) is 115 Å². The third-order valence-electron chi connectivity index (χ3n) is 13.8. The average molecular weight is 882 g/mol. The van der Waals surface area contributed by atoms with Crippen LogP contribution in [-0.2, 0) is 0 Å². The zero-order valence-electron chi connectivity index (χ0n) is 36.8. The summed E-state index contributed by atoms with van der Waals surface area (Å²) < 4.78 is 5.00. The van der Waals surface area contributed by atoms with Crippen molar-refractivity contribution in [1.29, 1.82) is 0 Å². The lowest BCUT2D eigenvalue weighted by molar-refractivity contribution is 1.16. The molecule has 3 nitrogen and oxygen atoms in total. The van der Waals surface area contributed by atoms with E-state index in [2.05, 4.69) is 235 Å². The van der Waals surface area contributed by atoms with Crippen molar-refractivity contribution in [3.05, 3.63) is 237 Å². The van der Waals surface area contributed by atoms with Gasteiger partial charge in [0.1, 0.15) is 0 Å². The number of rotatable bonds is 6. The zero-order chi connectivity index (χ0) is 44.7. The maximum Gasteiger partial charge on any atom is 0.160 e. The number of aromatic nitrogens is 3. The van der Waals surface area contributed by atoms with Gasteiger partial charge < -0.3 is 4.57 Å². The second kappa shape index (κ2) is 15.5. The minimum absolute atomic E-state index is 0.689. The summed E-state index contributed by atoms with van der Waals surface area (Å²) >= 11 is 1.83. The molecular formula is C64H39N3S. The Morgan fingerprint density at radius 2 is 0.765 bits per heavy atom. The molecule has 316 valence electrons. The number of fused-ring (bicyclic) bond motifs is 12. The highest BCUT2D eigenvalue weighted by Crippen LogP contribution is 2.42. The summed E-state index contributed by atoms with van der Waals surface area (Å²) in [6.07, 6.45) is 0. The highest BCUT2D eigenvalue weighted by Gasteiger charge is 2.19. The molecule has 3 aromatic heterocycles. The predicted molar refractivity (Wildman–Crippen MR) is 289 cm³/mol. The van der Waals surface area contributed by atoms with E-state index in [1.165, 1.54) is 74.4 Å². The first-order chi connectivity index (χ1) is 33.7. The monoisotopic (exact) mass is 881 g/mol. The molecule has 0 saturated carbocycles. The molecule has 0 unspecified atom stereocenters. The lowest BCUT2D eigenvalue weighted by Crippen LogP contribution is -1.99. The second-order valence-electron chi connectivity index (χ2n) is 17.7. The molecule has 3 heterocycles. The van der Waals surface area contributed by atoms with Gasteiger partial charge in [0.2, 0.25) is 0 Å². The highest BCUT2D eigenvalue weighted by atomic mass is 32.1. The summed E-state index contributed by atoms with van der Waals surface area (Å²) in [6, 6.07) is 86.0. The molecule has 0 N–H and O–H groups in total. The first kappa shape index (κ1) is 38.6. The molecule has 4 heteroatoms. The van der Waals surface area contributed by atoms with Crippen LogP contribution in [0.2, 0.25) is 0 Å². The first-order valence-electron chi connectivity index (χ1n) is 23.1. The molecular weight excluding hydrogens is 843 g/mol. The fraction of sp³-hybridized carbons (Fsp3) is 0. The highest BCUT2D eigenvalue weighted by molar-refractivity contribution is 7.25. The van der Waals surface area contributed by atoms with Crippen LogP contribution in [0.15, 0.2) is 237 Å². The Kier molecular flexibility index (Phi) is 8.76. The van der Waals surface area contributed by atoms with Gasteiger partial charge in [0.25, 0.3) is 0 Å². The van der Waals surface area contributed by atoms with Crippen LogP contribution in [-0.4, -0.2) is 14.5 Å². The van der Waals surface area contributed by atoms with Crippen molar-refractivity contribution in [2.24, 2.45) is 0 Å². The van der Waals surface area contributed by atoms with Gasteiger partial charge in [0, 0.05) is 53.3 Å². The standard InChI is InChI=1S/C64H39N3S/c1-3-15-40(16-4-1)43-28-31-54-53-23-11-13-25-60(53)67(61(54)38-43)47-34-45(42-27-30-52-50-21-8-7-19-48(50)49-20-9-10-22-51(49)56(52)36-42)33-46(35-47)59-39-58(65-64(66-59)41-17-5-2-6-18-41)44-29-32-63-57(37-44)55-24-12-14-26-62(55)68-63/h1-39H. The van der Waals surface area contributed by atoms with Gasteiger partial charge in [0.15, 0.2) is 5.82 Å². The Hall–Kier alpha value is -8.70. The summed E-state index contributed by atoms with van der Waals surface area (Å²) in [7, 11) is 0. The molecule has 0 atom stereocenters.